The number of nitrogens with two attached hydrogens (primary N) is 1. The third-order valence-corrected chi connectivity index (χ3v) is 2.77. The molecule has 0 fully saturated rings. The SMILES string of the molecule is CCn1ncc(OC)c1C(N)CCC(C)C. The summed E-state index contributed by atoms with van der Waals surface area (Å²) in [4.78, 5) is 0. The van der Waals surface area contributed by atoms with E-state index in [1.807, 2.05) is 4.68 Å². The van der Waals surface area contributed by atoms with Gasteiger partial charge in [-0.15, -0.1) is 0 Å². The maximum absolute atomic E-state index is 6.20. The van der Waals surface area contributed by atoms with Crippen molar-refractivity contribution in [2.75, 3.05) is 7.11 Å². The summed E-state index contributed by atoms with van der Waals surface area (Å²) in [6.07, 6.45) is 3.84. The van der Waals surface area contributed by atoms with Crippen molar-refractivity contribution in [1.82, 2.24) is 9.78 Å². The van der Waals surface area contributed by atoms with Crippen molar-refractivity contribution >= 4 is 0 Å². The molecule has 4 nitrogen and oxygen atoms in total. The van der Waals surface area contributed by atoms with Crippen molar-refractivity contribution in [2.45, 2.75) is 46.2 Å². The van der Waals surface area contributed by atoms with E-state index in [-0.39, 0.29) is 6.04 Å². The van der Waals surface area contributed by atoms with E-state index in [0.717, 1.165) is 30.8 Å². The highest BCUT2D eigenvalue weighted by molar-refractivity contribution is 5.28. The molecular formula is C12H23N3O. The number of aryl methyl sites for hydroxylation is 1. The highest BCUT2D eigenvalue weighted by Gasteiger charge is 2.18. The molecule has 0 aliphatic carbocycles. The molecule has 4 heteroatoms. The fourth-order valence-corrected chi connectivity index (χ4v) is 1.81. The molecule has 0 aromatic carbocycles. The Balaban J connectivity index is 2.79. The van der Waals surface area contributed by atoms with E-state index in [0.29, 0.717) is 5.92 Å². The van der Waals surface area contributed by atoms with Crippen molar-refractivity contribution < 1.29 is 4.74 Å². The first kappa shape index (κ1) is 13.0. The summed E-state index contributed by atoms with van der Waals surface area (Å²) < 4.78 is 7.21. The predicted molar refractivity (Wildman–Crippen MR) is 65.5 cm³/mol. The van der Waals surface area contributed by atoms with Crippen LogP contribution in [0.2, 0.25) is 0 Å². The highest BCUT2D eigenvalue weighted by Crippen LogP contribution is 2.27. The molecule has 2 N–H and O–H groups in total. The third-order valence-electron chi connectivity index (χ3n) is 2.77. The summed E-state index contributed by atoms with van der Waals surface area (Å²) in [6.45, 7) is 7.31. The number of ether oxygens (including phenoxy) is 1. The minimum Gasteiger partial charge on any atom is -0.493 e. The standard InChI is InChI=1S/C12H23N3O/c1-5-15-12(11(16-4)8-14-15)10(13)7-6-9(2)3/h8-10H,5-7,13H2,1-4H3. The van der Waals surface area contributed by atoms with Crippen LogP contribution in [0.4, 0.5) is 0 Å². The molecule has 0 radical (unpaired) electrons. The molecule has 92 valence electrons. The van der Waals surface area contributed by atoms with Gasteiger partial charge < -0.3 is 10.5 Å². The van der Waals surface area contributed by atoms with E-state index in [1.165, 1.54) is 0 Å². The fourth-order valence-electron chi connectivity index (χ4n) is 1.81. The summed E-state index contributed by atoms with van der Waals surface area (Å²) in [6, 6.07) is 0.0137. The number of rotatable bonds is 6. The Bertz CT molecular complexity index is 299. The fraction of sp³-hybridized carbons (Fsp3) is 0.750. The van der Waals surface area contributed by atoms with Crippen LogP contribution in [0.3, 0.4) is 0 Å². The van der Waals surface area contributed by atoms with Crippen LogP contribution >= 0.6 is 0 Å². The van der Waals surface area contributed by atoms with E-state index in [9.17, 15) is 0 Å². The minimum atomic E-state index is 0.0137. The monoisotopic (exact) mass is 225 g/mol. The first-order valence-electron chi connectivity index (χ1n) is 5.95. The van der Waals surface area contributed by atoms with Gasteiger partial charge in [0.25, 0.3) is 0 Å². The topological polar surface area (TPSA) is 53.1 Å². The maximum Gasteiger partial charge on any atom is 0.161 e. The molecule has 1 rings (SSSR count). The zero-order valence-electron chi connectivity index (χ0n) is 10.7. The van der Waals surface area contributed by atoms with Gasteiger partial charge in [0.1, 0.15) is 0 Å². The van der Waals surface area contributed by atoms with Crippen LogP contribution in [-0.4, -0.2) is 16.9 Å². The van der Waals surface area contributed by atoms with E-state index >= 15 is 0 Å². The van der Waals surface area contributed by atoms with Crippen LogP contribution in [-0.2, 0) is 6.54 Å². The summed E-state index contributed by atoms with van der Waals surface area (Å²) in [5, 5.41) is 4.27. The van der Waals surface area contributed by atoms with Gasteiger partial charge in [0.15, 0.2) is 5.75 Å². The summed E-state index contributed by atoms with van der Waals surface area (Å²) in [7, 11) is 1.66. The van der Waals surface area contributed by atoms with E-state index in [2.05, 4.69) is 25.9 Å². The Morgan fingerprint density at radius 2 is 2.12 bits per heavy atom. The minimum absolute atomic E-state index is 0.0137. The molecule has 1 aromatic heterocycles. The quantitative estimate of drug-likeness (QED) is 0.808. The number of nitrogens with zero attached hydrogens (tertiary/aromatic N) is 2. The van der Waals surface area contributed by atoms with Crippen LogP contribution in [0.1, 0.15) is 45.3 Å². The first-order valence-corrected chi connectivity index (χ1v) is 5.95. The lowest BCUT2D eigenvalue weighted by Gasteiger charge is -2.16. The average Bonchev–Trinajstić information content (AvgIpc) is 2.68. The molecule has 1 unspecified atom stereocenters. The molecular weight excluding hydrogens is 202 g/mol. The molecule has 0 saturated carbocycles. The Morgan fingerprint density at radius 3 is 2.62 bits per heavy atom. The summed E-state index contributed by atoms with van der Waals surface area (Å²) in [5.74, 6) is 1.48. The van der Waals surface area contributed by atoms with Gasteiger partial charge in [0.2, 0.25) is 0 Å². The van der Waals surface area contributed by atoms with Gasteiger partial charge in [-0.25, -0.2) is 0 Å². The van der Waals surface area contributed by atoms with Gasteiger partial charge in [0.05, 0.1) is 25.0 Å². The molecule has 0 amide bonds. The highest BCUT2D eigenvalue weighted by atomic mass is 16.5. The average molecular weight is 225 g/mol. The number of hydrogen-bond acceptors (Lipinski definition) is 3. The van der Waals surface area contributed by atoms with Gasteiger partial charge >= 0.3 is 0 Å². The van der Waals surface area contributed by atoms with Crippen molar-refractivity contribution in [3.8, 4) is 5.75 Å². The van der Waals surface area contributed by atoms with Crippen molar-refractivity contribution in [1.29, 1.82) is 0 Å². The third kappa shape index (κ3) is 2.98. The van der Waals surface area contributed by atoms with Gasteiger partial charge in [-0.2, -0.15) is 5.10 Å². The van der Waals surface area contributed by atoms with E-state index in [4.69, 9.17) is 10.5 Å². The molecule has 0 aliphatic heterocycles. The largest absolute Gasteiger partial charge is 0.493 e. The molecule has 16 heavy (non-hydrogen) atoms. The van der Waals surface area contributed by atoms with Gasteiger partial charge in [-0.05, 0) is 25.7 Å². The normalized spacial score (nSPS) is 13.1. The molecule has 0 spiro atoms. The Labute approximate surface area is 97.8 Å². The van der Waals surface area contributed by atoms with Crippen LogP contribution in [0, 0.1) is 5.92 Å². The Morgan fingerprint density at radius 1 is 1.44 bits per heavy atom. The summed E-state index contributed by atoms with van der Waals surface area (Å²) >= 11 is 0. The zero-order chi connectivity index (χ0) is 12.1. The predicted octanol–water partition coefficient (Wildman–Crippen LogP) is 2.35. The summed E-state index contributed by atoms with van der Waals surface area (Å²) in [5.41, 5.74) is 7.22. The zero-order valence-corrected chi connectivity index (χ0v) is 10.7. The van der Waals surface area contributed by atoms with Crippen molar-refractivity contribution in [3.05, 3.63) is 11.9 Å². The van der Waals surface area contributed by atoms with Crippen molar-refractivity contribution in [3.63, 3.8) is 0 Å². The van der Waals surface area contributed by atoms with Gasteiger partial charge in [-0.3, -0.25) is 4.68 Å². The lowest BCUT2D eigenvalue weighted by Crippen LogP contribution is -2.17. The number of aromatic nitrogens is 2. The van der Waals surface area contributed by atoms with Crippen LogP contribution in [0.5, 0.6) is 5.75 Å². The second-order valence-electron chi connectivity index (χ2n) is 4.49. The molecule has 0 bridgehead atoms. The molecule has 1 atom stereocenters. The van der Waals surface area contributed by atoms with Crippen LogP contribution < -0.4 is 10.5 Å². The Hall–Kier alpha value is -1.03. The molecule has 0 aliphatic rings. The van der Waals surface area contributed by atoms with Crippen molar-refractivity contribution in [2.24, 2.45) is 11.7 Å². The number of methoxy groups -OCH3 is 1. The van der Waals surface area contributed by atoms with Gasteiger partial charge in [-0.1, -0.05) is 13.8 Å². The Kier molecular flexibility index (Phi) is 4.80. The lowest BCUT2D eigenvalue weighted by atomic mass is 10.0. The van der Waals surface area contributed by atoms with Crippen LogP contribution in [0.15, 0.2) is 6.20 Å². The second-order valence-corrected chi connectivity index (χ2v) is 4.49. The lowest BCUT2D eigenvalue weighted by molar-refractivity contribution is 0.394. The molecule has 0 saturated heterocycles. The second kappa shape index (κ2) is 5.89. The van der Waals surface area contributed by atoms with Crippen LogP contribution in [0.25, 0.3) is 0 Å². The first-order chi connectivity index (χ1) is 7.60. The molecule has 1 aromatic rings. The van der Waals surface area contributed by atoms with E-state index < -0.39 is 0 Å². The molecule has 1 heterocycles. The van der Waals surface area contributed by atoms with E-state index in [1.54, 1.807) is 13.3 Å². The maximum atomic E-state index is 6.20. The number of hydrogen-bond donors (Lipinski definition) is 1. The van der Waals surface area contributed by atoms with Gasteiger partial charge in [0, 0.05) is 6.54 Å². The smallest absolute Gasteiger partial charge is 0.161 e.